The summed E-state index contributed by atoms with van der Waals surface area (Å²) in [6.07, 6.45) is 0. The van der Waals surface area contributed by atoms with E-state index >= 15 is 0 Å². The number of H-pyrrole nitrogens is 1. The van der Waals surface area contributed by atoms with Crippen LogP contribution in [0.5, 0.6) is 0 Å². The van der Waals surface area contributed by atoms with Crippen LogP contribution in [0.25, 0.3) is 11.0 Å². The van der Waals surface area contributed by atoms with Crippen LogP contribution >= 0.6 is 0 Å². The number of morpholine rings is 1. The predicted molar refractivity (Wildman–Crippen MR) is 66.6 cm³/mol. The largest absolute Gasteiger partial charge is 1.00 e. The third kappa shape index (κ3) is 4.40. The Morgan fingerprint density at radius 3 is 2.60 bits per heavy atom. The van der Waals surface area contributed by atoms with Gasteiger partial charge in [-0.05, 0) is 18.2 Å². The number of aromatic amines is 1. The zero-order valence-electron chi connectivity index (χ0n) is 10.8. The fourth-order valence-corrected chi connectivity index (χ4v) is 2.13. The van der Waals surface area contributed by atoms with Crippen LogP contribution in [-0.2, 0) is 11.3 Å². The molecule has 114 valence electrons. The lowest BCUT2D eigenvalue weighted by atomic mass is 10.3. The smallest absolute Gasteiger partial charge is 0.121 e. The molecule has 2 aromatic rings. The predicted octanol–water partition coefficient (Wildman–Crippen LogP) is -8.01. The highest BCUT2D eigenvalue weighted by molar-refractivity contribution is 5.78. The third-order valence-electron chi connectivity index (χ3n) is 3.03. The average molecular weight is 339 g/mol. The van der Waals surface area contributed by atoms with E-state index in [1.54, 1.807) is 0 Å². The van der Waals surface area contributed by atoms with Crippen molar-refractivity contribution >= 4 is 16.7 Å². The molecule has 1 fully saturated rings. The van der Waals surface area contributed by atoms with E-state index < -0.39 is 0 Å². The molecule has 0 bridgehead atoms. The first-order valence-corrected chi connectivity index (χ1v) is 5.85. The maximum absolute atomic E-state index is 5.74. The molecule has 1 aliphatic heterocycles. The van der Waals surface area contributed by atoms with E-state index in [2.05, 4.69) is 14.9 Å². The number of nitrogens with zero attached hydrogens (tertiary/aromatic N) is 2. The van der Waals surface area contributed by atoms with E-state index in [0.29, 0.717) is 0 Å². The van der Waals surface area contributed by atoms with Crippen molar-refractivity contribution in [3.05, 3.63) is 24.0 Å². The first-order valence-electron chi connectivity index (χ1n) is 5.85. The molecular formula is C12H16Cl3N4O-3. The fourth-order valence-electron chi connectivity index (χ4n) is 2.13. The summed E-state index contributed by atoms with van der Waals surface area (Å²) in [6, 6.07) is 5.75. The Morgan fingerprint density at radius 2 is 1.90 bits per heavy atom. The number of rotatable bonds is 2. The lowest BCUT2D eigenvalue weighted by Crippen LogP contribution is -3.00. The number of nitrogens with two attached hydrogens (primary N) is 1. The van der Waals surface area contributed by atoms with Crippen LogP contribution in [0.4, 0.5) is 5.69 Å². The van der Waals surface area contributed by atoms with E-state index in [4.69, 9.17) is 10.5 Å². The van der Waals surface area contributed by atoms with Crippen molar-refractivity contribution < 1.29 is 42.0 Å². The van der Waals surface area contributed by atoms with Gasteiger partial charge in [-0.15, -0.1) is 0 Å². The van der Waals surface area contributed by atoms with Gasteiger partial charge in [-0.2, -0.15) is 0 Å². The number of halogens is 3. The fraction of sp³-hybridized carbons (Fsp3) is 0.417. The van der Waals surface area contributed by atoms with Gasteiger partial charge in [0, 0.05) is 18.8 Å². The summed E-state index contributed by atoms with van der Waals surface area (Å²) in [5.74, 6) is 0.993. The van der Waals surface area contributed by atoms with Gasteiger partial charge in [-0.25, -0.2) is 4.98 Å². The number of hydrogen-bond donors (Lipinski definition) is 2. The Hall–Kier alpha value is -0.720. The van der Waals surface area contributed by atoms with Crippen LogP contribution in [0.1, 0.15) is 5.82 Å². The van der Waals surface area contributed by atoms with Gasteiger partial charge in [0.05, 0.1) is 30.8 Å². The van der Waals surface area contributed by atoms with Gasteiger partial charge in [0.15, 0.2) is 0 Å². The highest BCUT2D eigenvalue weighted by Crippen LogP contribution is 2.16. The Balaban J connectivity index is 0.00000120. The van der Waals surface area contributed by atoms with E-state index in [-0.39, 0.29) is 37.2 Å². The molecule has 0 spiro atoms. The van der Waals surface area contributed by atoms with E-state index in [1.807, 2.05) is 18.2 Å². The van der Waals surface area contributed by atoms with Gasteiger partial charge >= 0.3 is 0 Å². The molecule has 3 rings (SSSR count). The molecule has 1 aromatic heterocycles. The van der Waals surface area contributed by atoms with E-state index in [0.717, 1.165) is 55.4 Å². The second-order valence-corrected chi connectivity index (χ2v) is 4.35. The normalized spacial score (nSPS) is 15.0. The number of ether oxygens (including phenoxy) is 1. The molecule has 0 unspecified atom stereocenters. The monoisotopic (exact) mass is 337 g/mol. The van der Waals surface area contributed by atoms with Gasteiger partial charge in [0.1, 0.15) is 5.82 Å². The summed E-state index contributed by atoms with van der Waals surface area (Å²) >= 11 is 0. The summed E-state index contributed by atoms with van der Waals surface area (Å²) < 4.78 is 5.32. The minimum absolute atomic E-state index is 0. The molecule has 0 radical (unpaired) electrons. The third-order valence-corrected chi connectivity index (χ3v) is 3.03. The van der Waals surface area contributed by atoms with Crippen LogP contribution < -0.4 is 43.0 Å². The van der Waals surface area contributed by atoms with Crippen molar-refractivity contribution in [1.82, 2.24) is 14.9 Å². The molecule has 5 nitrogen and oxygen atoms in total. The molecule has 0 amide bonds. The number of aromatic nitrogens is 2. The van der Waals surface area contributed by atoms with Crippen molar-refractivity contribution in [2.24, 2.45) is 0 Å². The molecule has 0 aliphatic carbocycles. The number of benzene rings is 1. The number of nitrogen functional groups attached to an aromatic ring is 1. The standard InChI is InChI=1S/C12H16N4O.3ClH/c13-9-1-2-10-11(7-9)15-12(14-10)8-16-3-5-17-6-4-16;;;/h1-2,7H,3-6,8,13H2,(H,14,15);3*1H/p-3. The first-order chi connectivity index (χ1) is 8.31. The zero-order chi connectivity index (χ0) is 11.7. The second-order valence-electron chi connectivity index (χ2n) is 4.35. The SMILES string of the molecule is Nc1ccc2nc(CN3CCOCC3)[nH]c2c1.[Cl-].[Cl-].[Cl-]. The highest BCUT2D eigenvalue weighted by atomic mass is 35.5. The molecule has 8 heteroatoms. The maximum Gasteiger partial charge on any atom is 0.121 e. The lowest BCUT2D eigenvalue weighted by Gasteiger charge is -2.25. The van der Waals surface area contributed by atoms with Gasteiger partial charge < -0.3 is 52.7 Å². The Morgan fingerprint density at radius 1 is 1.20 bits per heavy atom. The highest BCUT2D eigenvalue weighted by Gasteiger charge is 2.12. The molecule has 1 aliphatic rings. The van der Waals surface area contributed by atoms with Crippen molar-refractivity contribution in [2.45, 2.75) is 6.54 Å². The van der Waals surface area contributed by atoms with Gasteiger partial charge in [-0.3, -0.25) is 4.90 Å². The Bertz CT molecular complexity index is 528. The van der Waals surface area contributed by atoms with Crippen molar-refractivity contribution in [3.63, 3.8) is 0 Å². The quantitative estimate of drug-likeness (QED) is 0.534. The first kappa shape index (κ1) is 19.3. The molecule has 2 heterocycles. The van der Waals surface area contributed by atoms with Gasteiger partial charge in [0.2, 0.25) is 0 Å². The Labute approximate surface area is 136 Å². The topological polar surface area (TPSA) is 67.2 Å². The second kappa shape index (κ2) is 8.54. The molecule has 3 N–H and O–H groups in total. The van der Waals surface area contributed by atoms with Crippen LogP contribution in [0.3, 0.4) is 0 Å². The molecular weight excluding hydrogens is 323 g/mol. The summed E-state index contributed by atoms with van der Waals surface area (Å²) in [6.45, 7) is 4.41. The Kier molecular flexibility index (Phi) is 8.23. The number of fused-ring (bicyclic) bond motifs is 1. The summed E-state index contributed by atoms with van der Waals surface area (Å²) in [7, 11) is 0. The average Bonchev–Trinajstić information content (AvgIpc) is 2.71. The van der Waals surface area contributed by atoms with Crippen LogP contribution in [-0.4, -0.2) is 41.2 Å². The number of imidazole rings is 1. The minimum Gasteiger partial charge on any atom is -1.00 e. The van der Waals surface area contributed by atoms with Crippen molar-refractivity contribution in [1.29, 1.82) is 0 Å². The van der Waals surface area contributed by atoms with E-state index in [9.17, 15) is 0 Å². The van der Waals surface area contributed by atoms with Gasteiger partial charge in [0.25, 0.3) is 0 Å². The van der Waals surface area contributed by atoms with Crippen LogP contribution in [0.15, 0.2) is 18.2 Å². The minimum atomic E-state index is 0. The lowest BCUT2D eigenvalue weighted by molar-refractivity contribution is -0.001000. The molecule has 20 heavy (non-hydrogen) atoms. The number of nitrogens with one attached hydrogen (secondary N) is 1. The van der Waals surface area contributed by atoms with Crippen molar-refractivity contribution in [3.8, 4) is 0 Å². The summed E-state index contributed by atoms with van der Waals surface area (Å²) in [5.41, 5.74) is 8.49. The molecule has 1 aromatic carbocycles. The van der Waals surface area contributed by atoms with Crippen LogP contribution in [0.2, 0.25) is 0 Å². The van der Waals surface area contributed by atoms with Gasteiger partial charge in [-0.1, -0.05) is 0 Å². The molecule has 0 atom stereocenters. The van der Waals surface area contributed by atoms with E-state index in [1.165, 1.54) is 0 Å². The summed E-state index contributed by atoms with van der Waals surface area (Å²) in [4.78, 5) is 10.2. The molecule has 0 saturated carbocycles. The molecule has 1 saturated heterocycles. The number of hydrogen-bond acceptors (Lipinski definition) is 4. The van der Waals surface area contributed by atoms with Crippen LogP contribution in [0, 0.1) is 0 Å². The summed E-state index contributed by atoms with van der Waals surface area (Å²) in [5, 5.41) is 0. The maximum atomic E-state index is 5.74. The van der Waals surface area contributed by atoms with Crippen molar-refractivity contribution in [2.75, 3.05) is 32.0 Å². The zero-order valence-corrected chi connectivity index (χ0v) is 13.0. The number of anilines is 1.